The number of esters is 1. The maximum atomic E-state index is 12.2. The molecule has 0 atom stereocenters. The van der Waals surface area contributed by atoms with Crippen LogP contribution in [-0.2, 0) is 19.1 Å². The number of ketones is 1. The van der Waals surface area contributed by atoms with Gasteiger partial charge in [0.05, 0.1) is 6.61 Å². The van der Waals surface area contributed by atoms with Gasteiger partial charge in [-0.05, 0) is 26.7 Å². The maximum Gasteiger partial charge on any atom is 0.315 e. The van der Waals surface area contributed by atoms with Gasteiger partial charge in [0.15, 0.2) is 0 Å². The summed E-state index contributed by atoms with van der Waals surface area (Å²) in [6.07, 6.45) is 2.91. The average Bonchev–Trinajstić information content (AvgIpc) is 2.47. The topological polar surface area (TPSA) is 103 Å². The zero-order chi connectivity index (χ0) is 15.7. The van der Waals surface area contributed by atoms with E-state index in [9.17, 15) is 9.59 Å². The van der Waals surface area contributed by atoms with E-state index in [0.29, 0.717) is 38.8 Å². The molecule has 1 aliphatic carbocycles. The Morgan fingerprint density at radius 2 is 2.00 bits per heavy atom. The summed E-state index contributed by atoms with van der Waals surface area (Å²) in [5.41, 5.74) is -0.791. The van der Waals surface area contributed by atoms with Crippen LogP contribution in [0.4, 0.5) is 0 Å². The molecule has 21 heavy (non-hydrogen) atoms. The van der Waals surface area contributed by atoms with Gasteiger partial charge >= 0.3 is 5.97 Å². The quantitative estimate of drug-likeness (QED) is 0.259. The first-order valence-electron chi connectivity index (χ1n) is 7.17. The Hall–Kier alpha value is -1.92. The minimum Gasteiger partial charge on any atom is -0.476 e. The van der Waals surface area contributed by atoms with Gasteiger partial charge in [0, 0.05) is 19.4 Å². The molecular formula is C14H23N3O4. The molecule has 2 N–H and O–H groups in total. The number of rotatable bonds is 6. The van der Waals surface area contributed by atoms with Crippen LogP contribution in [0.3, 0.4) is 0 Å². The summed E-state index contributed by atoms with van der Waals surface area (Å²) in [4.78, 5) is 27.8. The van der Waals surface area contributed by atoms with Crippen LogP contribution in [0.15, 0.2) is 10.1 Å². The highest BCUT2D eigenvalue weighted by Gasteiger charge is 2.44. The number of nitrogens with two attached hydrogens (primary N) is 1. The summed E-state index contributed by atoms with van der Waals surface area (Å²) in [5, 5.41) is 3.38. The largest absolute Gasteiger partial charge is 0.476 e. The van der Waals surface area contributed by atoms with Crippen molar-refractivity contribution in [2.75, 3.05) is 19.8 Å². The first kappa shape index (κ1) is 17.1. The number of nitrogens with zero attached hydrogens (tertiary/aromatic N) is 2. The Morgan fingerprint density at radius 3 is 2.52 bits per heavy atom. The Labute approximate surface area is 124 Å². The lowest BCUT2D eigenvalue weighted by Crippen LogP contribution is -2.41. The van der Waals surface area contributed by atoms with E-state index >= 15 is 0 Å². The fourth-order valence-electron chi connectivity index (χ4n) is 2.25. The molecule has 0 bridgehead atoms. The standard InChI is InChI=1S/C14H23N3O4/c1-3-16-12(9-17-15)21-10-14(13(19)20-4-2)7-5-11(18)6-8-14/h9H,3-8,10,15H2,1-2H3/b16-12?,17-9-. The van der Waals surface area contributed by atoms with Crippen molar-refractivity contribution >= 4 is 23.9 Å². The van der Waals surface area contributed by atoms with Crippen LogP contribution in [0, 0.1) is 5.41 Å². The minimum absolute atomic E-state index is 0.115. The van der Waals surface area contributed by atoms with E-state index < -0.39 is 5.41 Å². The lowest BCUT2D eigenvalue weighted by atomic mass is 9.74. The fourth-order valence-corrected chi connectivity index (χ4v) is 2.25. The smallest absolute Gasteiger partial charge is 0.315 e. The number of hydrogen-bond acceptors (Lipinski definition) is 7. The van der Waals surface area contributed by atoms with Crippen LogP contribution < -0.4 is 5.84 Å². The van der Waals surface area contributed by atoms with Crippen LogP contribution in [0.1, 0.15) is 39.5 Å². The van der Waals surface area contributed by atoms with Crippen molar-refractivity contribution in [3.05, 3.63) is 0 Å². The van der Waals surface area contributed by atoms with Gasteiger partial charge in [-0.2, -0.15) is 5.10 Å². The van der Waals surface area contributed by atoms with Crippen molar-refractivity contribution in [2.24, 2.45) is 21.4 Å². The van der Waals surface area contributed by atoms with Crippen molar-refractivity contribution in [2.45, 2.75) is 39.5 Å². The SMILES string of the molecule is CCN=C(/C=N\N)OCC1(C(=O)OCC)CCC(=O)CC1. The Bertz CT molecular complexity index is 422. The summed E-state index contributed by atoms with van der Waals surface area (Å²) in [6, 6.07) is 0. The molecule has 0 aliphatic heterocycles. The van der Waals surface area contributed by atoms with Crippen LogP contribution in [0.25, 0.3) is 0 Å². The molecule has 1 fully saturated rings. The molecule has 7 heteroatoms. The van der Waals surface area contributed by atoms with Gasteiger partial charge in [0.1, 0.15) is 24.0 Å². The van der Waals surface area contributed by atoms with Gasteiger partial charge in [-0.15, -0.1) is 0 Å². The second-order valence-corrected chi connectivity index (χ2v) is 4.92. The van der Waals surface area contributed by atoms with E-state index in [-0.39, 0.29) is 24.3 Å². The molecule has 0 heterocycles. The second kappa shape index (κ2) is 8.39. The molecule has 0 aromatic heterocycles. The summed E-state index contributed by atoms with van der Waals surface area (Å²) in [5.74, 6) is 5.22. The molecule has 0 aromatic carbocycles. The zero-order valence-corrected chi connectivity index (χ0v) is 12.6. The molecule has 1 saturated carbocycles. The van der Waals surface area contributed by atoms with E-state index in [1.807, 2.05) is 6.92 Å². The number of aliphatic imine (C=N–C) groups is 1. The first-order chi connectivity index (χ1) is 10.1. The van der Waals surface area contributed by atoms with E-state index in [2.05, 4.69) is 10.1 Å². The predicted octanol–water partition coefficient (Wildman–Crippen LogP) is 1.06. The van der Waals surface area contributed by atoms with E-state index in [1.165, 1.54) is 6.21 Å². The van der Waals surface area contributed by atoms with Crippen molar-refractivity contribution in [3.63, 3.8) is 0 Å². The Morgan fingerprint density at radius 1 is 1.33 bits per heavy atom. The van der Waals surface area contributed by atoms with E-state index in [0.717, 1.165) is 0 Å². The third kappa shape index (κ3) is 4.84. The monoisotopic (exact) mass is 297 g/mol. The highest BCUT2D eigenvalue weighted by molar-refractivity contribution is 6.26. The van der Waals surface area contributed by atoms with E-state index in [4.69, 9.17) is 15.3 Å². The third-order valence-electron chi connectivity index (χ3n) is 3.47. The normalized spacial score (nSPS) is 18.8. The Balaban J connectivity index is 2.80. The van der Waals surface area contributed by atoms with Crippen molar-refractivity contribution in [1.29, 1.82) is 0 Å². The average molecular weight is 297 g/mol. The molecule has 1 rings (SSSR count). The summed E-state index contributed by atoms with van der Waals surface area (Å²) in [6.45, 7) is 4.55. The number of Topliss-reactive ketones (excluding diaryl/α,β-unsaturated/α-hetero) is 1. The lowest BCUT2D eigenvalue weighted by molar-refractivity contribution is -0.160. The highest BCUT2D eigenvalue weighted by atomic mass is 16.5. The number of ether oxygens (including phenoxy) is 2. The summed E-state index contributed by atoms with van der Waals surface area (Å²) < 4.78 is 10.7. The highest BCUT2D eigenvalue weighted by Crippen LogP contribution is 2.36. The second-order valence-electron chi connectivity index (χ2n) is 4.92. The van der Waals surface area contributed by atoms with Gasteiger partial charge < -0.3 is 15.3 Å². The minimum atomic E-state index is -0.791. The summed E-state index contributed by atoms with van der Waals surface area (Å²) >= 11 is 0. The molecule has 0 radical (unpaired) electrons. The van der Waals surface area contributed by atoms with Crippen LogP contribution >= 0.6 is 0 Å². The number of carbonyl (C=O) groups excluding carboxylic acids is 2. The van der Waals surface area contributed by atoms with Crippen LogP contribution in [0.2, 0.25) is 0 Å². The van der Waals surface area contributed by atoms with Crippen molar-refractivity contribution in [3.8, 4) is 0 Å². The van der Waals surface area contributed by atoms with Gasteiger partial charge in [0.25, 0.3) is 0 Å². The molecular weight excluding hydrogens is 274 g/mol. The lowest BCUT2D eigenvalue weighted by Gasteiger charge is -2.33. The van der Waals surface area contributed by atoms with Crippen molar-refractivity contribution < 1.29 is 19.1 Å². The first-order valence-corrected chi connectivity index (χ1v) is 7.17. The number of hydrogen-bond donors (Lipinski definition) is 1. The number of hydrazone groups is 1. The number of carbonyl (C=O) groups is 2. The molecule has 0 unspecified atom stereocenters. The predicted molar refractivity (Wildman–Crippen MR) is 79.1 cm³/mol. The Kier molecular flexibility index (Phi) is 6.84. The molecule has 1 aliphatic rings. The molecule has 118 valence electrons. The molecule has 0 saturated heterocycles. The molecule has 0 aromatic rings. The van der Waals surface area contributed by atoms with E-state index in [1.54, 1.807) is 6.92 Å². The summed E-state index contributed by atoms with van der Waals surface area (Å²) in [7, 11) is 0. The van der Waals surface area contributed by atoms with Gasteiger partial charge in [-0.3, -0.25) is 14.6 Å². The molecule has 0 spiro atoms. The van der Waals surface area contributed by atoms with Gasteiger partial charge in [-0.25, -0.2) is 0 Å². The van der Waals surface area contributed by atoms with Crippen LogP contribution in [0.5, 0.6) is 0 Å². The zero-order valence-electron chi connectivity index (χ0n) is 12.6. The molecule has 0 amide bonds. The van der Waals surface area contributed by atoms with Crippen LogP contribution in [-0.4, -0.2) is 43.6 Å². The molecule has 7 nitrogen and oxygen atoms in total. The maximum absolute atomic E-state index is 12.2. The third-order valence-corrected chi connectivity index (χ3v) is 3.47. The van der Waals surface area contributed by atoms with Crippen molar-refractivity contribution in [1.82, 2.24) is 0 Å². The fraction of sp³-hybridized carbons (Fsp3) is 0.714. The van der Waals surface area contributed by atoms with Gasteiger partial charge in [0.2, 0.25) is 5.90 Å². The van der Waals surface area contributed by atoms with Gasteiger partial charge in [-0.1, -0.05) is 0 Å².